The molecule has 30 heavy (non-hydrogen) atoms. The zero-order valence-corrected chi connectivity index (χ0v) is 17.6. The van der Waals surface area contributed by atoms with Crippen LogP contribution in [0, 0.1) is 0 Å². The molecular weight excluding hydrogens is 382 g/mol. The van der Waals surface area contributed by atoms with Gasteiger partial charge in [-0.05, 0) is 36.5 Å². The molecule has 2 saturated heterocycles. The Kier molecular flexibility index (Phi) is 6.72. The number of piperidine rings is 1. The highest BCUT2D eigenvalue weighted by Crippen LogP contribution is 2.41. The summed E-state index contributed by atoms with van der Waals surface area (Å²) in [4.78, 5) is 14.3. The van der Waals surface area contributed by atoms with Crippen molar-refractivity contribution in [3.05, 3.63) is 58.9 Å². The maximum Gasteiger partial charge on any atom is 0.358 e. The SMILES string of the molecule is CCCc1cc(C2OC2N2CCCC(OCc3ccccc3)C2)nnc1C(=O)OC. The van der Waals surface area contributed by atoms with Crippen molar-refractivity contribution in [3.8, 4) is 0 Å². The molecule has 0 bridgehead atoms. The Morgan fingerprint density at radius 3 is 2.87 bits per heavy atom. The normalized spacial score (nSPS) is 23.9. The first-order valence-corrected chi connectivity index (χ1v) is 10.7. The average Bonchev–Trinajstić information content (AvgIpc) is 3.59. The van der Waals surface area contributed by atoms with Crippen LogP contribution in [-0.2, 0) is 27.2 Å². The third kappa shape index (κ3) is 4.86. The lowest BCUT2D eigenvalue weighted by Gasteiger charge is -2.31. The molecule has 3 heterocycles. The molecule has 7 heteroatoms. The van der Waals surface area contributed by atoms with Gasteiger partial charge < -0.3 is 14.2 Å². The Morgan fingerprint density at radius 1 is 1.27 bits per heavy atom. The van der Waals surface area contributed by atoms with Crippen molar-refractivity contribution in [1.82, 2.24) is 15.1 Å². The molecule has 2 aromatic rings. The fourth-order valence-electron chi connectivity index (χ4n) is 4.04. The van der Waals surface area contributed by atoms with Crippen LogP contribution in [0.5, 0.6) is 0 Å². The predicted octanol–water partition coefficient (Wildman–Crippen LogP) is 3.29. The molecule has 0 spiro atoms. The molecule has 2 aliphatic rings. The summed E-state index contributed by atoms with van der Waals surface area (Å²) in [5.41, 5.74) is 3.14. The number of aromatic nitrogens is 2. The monoisotopic (exact) mass is 411 g/mol. The summed E-state index contributed by atoms with van der Waals surface area (Å²) in [5, 5.41) is 8.40. The van der Waals surface area contributed by atoms with Gasteiger partial charge in [0.1, 0.15) is 12.3 Å². The van der Waals surface area contributed by atoms with E-state index in [0.717, 1.165) is 50.0 Å². The van der Waals surface area contributed by atoms with E-state index < -0.39 is 5.97 Å². The highest BCUT2D eigenvalue weighted by molar-refractivity contribution is 5.88. The number of rotatable bonds is 8. The Hall–Kier alpha value is -2.35. The highest BCUT2D eigenvalue weighted by Gasteiger charge is 2.47. The van der Waals surface area contributed by atoms with Gasteiger partial charge in [-0.25, -0.2) is 4.79 Å². The lowest BCUT2D eigenvalue weighted by atomic mass is 10.1. The first-order valence-electron chi connectivity index (χ1n) is 10.7. The maximum atomic E-state index is 11.9. The zero-order chi connectivity index (χ0) is 20.9. The quantitative estimate of drug-likeness (QED) is 0.487. The van der Waals surface area contributed by atoms with Gasteiger partial charge in [-0.1, -0.05) is 43.7 Å². The van der Waals surface area contributed by atoms with E-state index in [-0.39, 0.29) is 18.4 Å². The molecule has 2 fully saturated rings. The van der Waals surface area contributed by atoms with Gasteiger partial charge in [0.2, 0.25) is 0 Å². The van der Waals surface area contributed by atoms with Crippen molar-refractivity contribution in [3.63, 3.8) is 0 Å². The van der Waals surface area contributed by atoms with Crippen molar-refractivity contribution >= 4 is 5.97 Å². The van der Waals surface area contributed by atoms with Gasteiger partial charge in [0.15, 0.2) is 5.69 Å². The topological polar surface area (TPSA) is 77.1 Å². The largest absolute Gasteiger partial charge is 0.464 e. The Bertz CT molecular complexity index is 861. The number of likely N-dealkylation sites (tertiary alicyclic amines) is 1. The van der Waals surface area contributed by atoms with Crippen LogP contribution in [0.2, 0.25) is 0 Å². The molecule has 0 N–H and O–H groups in total. The van der Waals surface area contributed by atoms with Gasteiger partial charge in [-0.3, -0.25) is 4.90 Å². The standard InChI is InChI=1S/C23H29N3O4/c1-3-8-17-13-19(24-25-20(17)23(27)28-2)21-22(30-21)26-12-7-11-18(14-26)29-15-16-9-5-4-6-10-16/h4-6,9-10,13,18,21-22H,3,7-8,11-12,14-15H2,1-2H3. The molecular formula is C23H29N3O4. The smallest absolute Gasteiger partial charge is 0.358 e. The minimum absolute atomic E-state index is 0.000813. The van der Waals surface area contributed by atoms with E-state index in [1.807, 2.05) is 24.3 Å². The third-order valence-corrected chi connectivity index (χ3v) is 5.65. The molecule has 3 unspecified atom stereocenters. The van der Waals surface area contributed by atoms with E-state index >= 15 is 0 Å². The average molecular weight is 412 g/mol. The van der Waals surface area contributed by atoms with E-state index in [2.05, 4.69) is 34.2 Å². The molecule has 1 aromatic heterocycles. The Labute approximate surface area is 177 Å². The number of aryl methyl sites for hydroxylation is 1. The molecule has 3 atom stereocenters. The van der Waals surface area contributed by atoms with Gasteiger partial charge in [0.25, 0.3) is 0 Å². The summed E-state index contributed by atoms with van der Waals surface area (Å²) in [6, 6.07) is 12.2. The van der Waals surface area contributed by atoms with E-state index in [0.29, 0.717) is 12.3 Å². The minimum Gasteiger partial charge on any atom is -0.464 e. The molecule has 1 aromatic carbocycles. The number of hydrogen-bond acceptors (Lipinski definition) is 7. The summed E-state index contributed by atoms with van der Waals surface area (Å²) in [5.74, 6) is -0.444. The van der Waals surface area contributed by atoms with Gasteiger partial charge in [0, 0.05) is 13.1 Å². The number of hydrogen-bond donors (Lipinski definition) is 0. The lowest BCUT2D eigenvalue weighted by Crippen LogP contribution is -2.41. The third-order valence-electron chi connectivity index (χ3n) is 5.65. The van der Waals surface area contributed by atoms with Crippen molar-refractivity contribution in [2.45, 2.75) is 57.6 Å². The van der Waals surface area contributed by atoms with Gasteiger partial charge in [-0.2, -0.15) is 5.10 Å². The summed E-state index contributed by atoms with van der Waals surface area (Å²) < 4.78 is 16.9. The van der Waals surface area contributed by atoms with E-state index in [1.54, 1.807) is 0 Å². The summed E-state index contributed by atoms with van der Waals surface area (Å²) in [6.45, 7) is 4.54. The van der Waals surface area contributed by atoms with Crippen LogP contribution in [0.1, 0.15) is 59.6 Å². The highest BCUT2D eigenvalue weighted by atomic mass is 16.6. The second-order valence-corrected chi connectivity index (χ2v) is 7.89. The number of nitrogens with zero attached hydrogens (tertiary/aromatic N) is 3. The fourth-order valence-corrected chi connectivity index (χ4v) is 4.04. The predicted molar refractivity (Wildman–Crippen MR) is 111 cm³/mol. The first kappa shape index (κ1) is 20.9. The second kappa shape index (κ2) is 9.64. The number of esters is 1. The Balaban J connectivity index is 1.36. The summed E-state index contributed by atoms with van der Waals surface area (Å²) in [7, 11) is 1.36. The molecule has 0 radical (unpaired) electrons. The number of epoxide rings is 1. The van der Waals surface area contributed by atoms with Crippen molar-refractivity contribution in [2.75, 3.05) is 20.2 Å². The van der Waals surface area contributed by atoms with E-state index in [9.17, 15) is 4.79 Å². The van der Waals surface area contributed by atoms with Crippen LogP contribution in [0.25, 0.3) is 0 Å². The number of methoxy groups -OCH3 is 1. The maximum absolute atomic E-state index is 11.9. The van der Waals surface area contributed by atoms with Crippen molar-refractivity contribution < 1.29 is 19.0 Å². The molecule has 7 nitrogen and oxygen atoms in total. The fraction of sp³-hybridized carbons (Fsp3) is 0.522. The number of carbonyl (C=O) groups is 1. The first-order chi connectivity index (χ1) is 14.7. The van der Waals surface area contributed by atoms with Gasteiger partial charge in [-0.15, -0.1) is 5.10 Å². The second-order valence-electron chi connectivity index (χ2n) is 7.89. The van der Waals surface area contributed by atoms with Crippen LogP contribution >= 0.6 is 0 Å². The van der Waals surface area contributed by atoms with E-state index in [4.69, 9.17) is 14.2 Å². The van der Waals surface area contributed by atoms with Gasteiger partial charge in [0.05, 0.1) is 25.5 Å². The molecule has 0 amide bonds. The molecule has 0 saturated carbocycles. The molecule has 2 aliphatic heterocycles. The van der Waals surface area contributed by atoms with E-state index in [1.165, 1.54) is 12.7 Å². The zero-order valence-electron chi connectivity index (χ0n) is 17.6. The summed E-state index contributed by atoms with van der Waals surface area (Å²) in [6.07, 6.45) is 3.91. The van der Waals surface area contributed by atoms with Crippen LogP contribution in [0.15, 0.2) is 36.4 Å². The lowest BCUT2D eigenvalue weighted by molar-refractivity contribution is -0.0213. The number of benzene rings is 1. The molecule has 0 aliphatic carbocycles. The van der Waals surface area contributed by atoms with Crippen LogP contribution in [0.3, 0.4) is 0 Å². The summed E-state index contributed by atoms with van der Waals surface area (Å²) >= 11 is 0. The van der Waals surface area contributed by atoms with Crippen LogP contribution in [-0.4, -0.2) is 53.6 Å². The van der Waals surface area contributed by atoms with Crippen molar-refractivity contribution in [1.29, 1.82) is 0 Å². The van der Waals surface area contributed by atoms with Gasteiger partial charge >= 0.3 is 5.97 Å². The number of ether oxygens (including phenoxy) is 3. The van der Waals surface area contributed by atoms with Crippen molar-refractivity contribution in [2.24, 2.45) is 0 Å². The number of carbonyl (C=O) groups excluding carboxylic acids is 1. The van der Waals surface area contributed by atoms with Crippen LogP contribution < -0.4 is 0 Å². The Morgan fingerprint density at radius 2 is 2.10 bits per heavy atom. The molecule has 4 rings (SSSR count). The minimum atomic E-state index is -0.444. The van der Waals surface area contributed by atoms with Crippen LogP contribution in [0.4, 0.5) is 0 Å². The molecule has 160 valence electrons.